The van der Waals surface area contributed by atoms with Crippen molar-refractivity contribution in [2.75, 3.05) is 13.7 Å². The highest BCUT2D eigenvalue weighted by molar-refractivity contribution is 5.12. The lowest BCUT2D eigenvalue weighted by molar-refractivity contribution is 0.0213. The third-order valence-electron chi connectivity index (χ3n) is 2.72. The van der Waals surface area contributed by atoms with Gasteiger partial charge < -0.3 is 10.1 Å². The van der Waals surface area contributed by atoms with E-state index in [1.807, 2.05) is 6.92 Å². The van der Waals surface area contributed by atoms with E-state index in [-0.39, 0.29) is 11.6 Å². The van der Waals surface area contributed by atoms with Gasteiger partial charge in [-0.25, -0.2) is 0 Å². The number of methoxy groups -OCH3 is 1. The summed E-state index contributed by atoms with van der Waals surface area (Å²) in [5.74, 6) is 0. The minimum atomic E-state index is -0.162. The van der Waals surface area contributed by atoms with Crippen molar-refractivity contribution < 1.29 is 4.74 Å². The van der Waals surface area contributed by atoms with E-state index in [9.17, 15) is 0 Å². The Bertz CT molecular complexity index is 339. The Morgan fingerprint density at radius 2 is 2.00 bits per heavy atom. The van der Waals surface area contributed by atoms with Gasteiger partial charge in [-0.2, -0.15) is 0 Å². The third-order valence-corrected chi connectivity index (χ3v) is 2.72. The molecule has 0 radical (unpaired) electrons. The average molecular weight is 223 g/mol. The highest BCUT2D eigenvalue weighted by Gasteiger charge is 2.18. The monoisotopic (exact) mass is 223 g/mol. The first-order chi connectivity index (χ1) is 7.46. The average Bonchev–Trinajstić information content (AvgIpc) is 2.27. The van der Waals surface area contributed by atoms with E-state index in [4.69, 9.17) is 4.74 Å². The van der Waals surface area contributed by atoms with Crippen molar-refractivity contribution in [3.05, 3.63) is 23.8 Å². The number of nitrogens with zero attached hydrogens (tertiary/aromatic N) is 2. The minimum Gasteiger partial charge on any atom is -0.377 e. The number of ether oxygens (including phenoxy) is 1. The predicted octanol–water partition coefficient (Wildman–Crippen LogP) is 1.86. The molecule has 0 fully saturated rings. The Labute approximate surface area is 97.5 Å². The molecule has 4 heteroatoms. The Balaban J connectivity index is 2.60. The lowest BCUT2D eigenvalue weighted by Gasteiger charge is -2.25. The van der Waals surface area contributed by atoms with Crippen molar-refractivity contribution in [1.82, 2.24) is 15.3 Å². The van der Waals surface area contributed by atoms with Crippen LogP contribution >= 0.6 is 0 Å². The SMILES string of the molecule is COC(C)(C)CNC(C)c1nccnc1C. The number of hydrogen-bond donors (Lipinski definition) is 1. The van der Waals surface area contributed by atoms with Crippen LogP contribution in [0.1, 0.15) is 38.2 Å². The molecule has 0 aliphatic carbocycles. The molecule has 0 bridgehead atoms. The molecule has 1 unspecified atom stereocenters. The normalized spacial score (nSPS) is 13.8. The van der Waals surface area contributed by atoms with E-state index in [0.29, 0.717) is 0 Å². The molecule has 1 aromatic rings. The Morgan fingerprint density at radius 3 is 2.56 bits per heavy atom. The molecule has 0 amide bonds. The highest BCUT2D eigenvalue weighted by atomic mass is 16.5. The summed E-state index contributed by atoms with van der Waals surface area (Å²) in [6.45, 7) is 8.94. The molecule has 0 aromatic carbocycles. The van der Waals surface area contributed by atoms with Crippen LogP contribution < -0.4 is 5.32 Å². The van der Waals surface area contributed by atoms with Gasteiger partial charge >= 0.3 is 0 Å². The van der Waals surface area contributed by atoms with Crippen LogP contribution in [-0.4, -0.2) is 29.2 Å². The van der Waals surface area contributed by atoms with Gasteiger partial charge in [-0.05, 0) is 27.7 Å². The molecule has 1 N–H and O–H groups in total. The summed E-state index contributed by atoms with van der Waals surface area (Å²) >= 11 is 0. The van der Waals surface area contributed by atoms with Gasteiger partial charge in [0.1, 0.15) is 0 Å². The lowest BCUT2D eigenvalue weighted by atomic mass is 10.1. The second-order valence-corrected chi connectivity index (χ2v) is 4.59. The molecule has 1 atom stereocenters. The molecule has 1 heterocycles. The molecule has 90 valence electrons. The van der Waals surface area contributed by atoms with Crippen molar-refractivity contribution in [3.8, 4) is 0 Å². The topological polar surface area (TPSA) is 47.0 Å². The van der Waals surface area contributed by atoms with Crippen LogP contribution in [-0.2, 0) is 4.74 Å². The Hall–Kier alpha value is -1.00. The molecule has 0 saturated carbocycles. The first-order valence-corrected chi connectivity index (χ1v) is 5.52. The zero-order chi connectivity index (χ0) is 12.2. The zero-order valence-corrected chi connectivity index (χ0v) is 10.7. The van der Waals surface area contributed by atoms with Crippen molar-refractivity contribution >= 4 is 0 Å². The van der Waals surface area contributed by atoms with Crippen LogP contribution in [0.15, 0.2) is 12.4 Å². The van der Waals surface area contributed by atoms with Crippen LogP contribution in [0.3, 0.4) is 0 Å². The summed E-state index contributed by atoms with van der Waals surface area (Å²) < 4.78 is 5.36. The Morgan fingerprint density at radius 1 is 1.38 bits per heavy atom. The zero-order valence-electron chi connectivity index (χ0n) is 10.7. The number of rotatable bonds is 5. The quantitative estimate of drug-likeness (QED) is 0.827. The first kappa shape index (κ1) is 13.1. The molecular formula is C12H21N3O. The molecule has 4 nitrogen and oxygen atoms in total. The van der Waals surface area contributed by atoms with Crippen molar-refractivity contribution in [2.24, 2.45) is 0 Å². The summed E-state index contributed by atoms with van der Waals surface area (Å²) in [5.41, 5.74) is 1.80. The fraction of sp³-hybridized carbons (Fsp3) is 0.667. The lowest BCUT2D eigenvalue weighted by Crippen LogP contribution is -2.38. The molecule has 1 aromatic heterocycles. The fourth-order valence-electron chi connectivity index (χ4n) is 1.41. The summed E-state index contributed by atoms with van der Waals surface area (Å²) in [7, 11) is 1.72. The third kappa shape index (κ3) is 3.54. The van der Waals surface area contributed by atoms with Crippen LogP contribution in [0.5, 0.6) is 0 Å². The van der Waals surface area contributed by atoms with Gasteiger partial charge in [0.05, 0.1) is 17.0 Å². The second-order valence-electron chi connectivity index (χ2n) is 4.59. The van der Waals surface area contributed by atoms with Gasteiger partial charge in [-0.15, -0.1) is 0 Å². The number of hydrogen-bond acceptors (Lipinski definition) is 4. The minimum absolute atomic E-state index is 0.162. The number of aromatic nitrogens is 2. The summed E-state index contributed by atoms with van der Waals surface area (Å²) in [4.78, 5) is 8.57. The van der Waals surface area contributed by atoms with Gasteiger partial charge in [-0.1, -0.05) is 0 Å². The molecule has 0 aliphatic rings. The van der Waals surface area contributed by atoms with Crippen LogP contribution in [0, 0.1) is 6.92 Å². The molecular weight excluding hydrogens is 202 g/mol. The van der Waals surface area contributed by atoms with Gasteiger partial charge in [0.25, 0.3) is 0 Å². The maximum atomic E-state index is 5.36. The van der Waals surface area contributed by atoms with E-state index in [0.717, 1.165) is 17.9 Å². The predicted molar refractivity (Wildman–Crippen MR) is 64.3 cm³/mol. The van der Waals surface area contributed by atoms with Crippen LogP contribution in [0.2, 0.25) is 0 Å². The molecule has 0 saturated heterocycles. The van der Waals surface area contributed by atoms with Gasteiger partial charge in [0, 0.05) is 32.1 Å². The van der Waals surface area contributed by atoms with E-state index in [1.165, 1.54) is 0 Å². The molecule has 0 spiro atoms. The maximum Gasteiger partial charge on any atom is 0.0782 e. The second kappa shape index (κ2) is 5.37. The van der Waals surface area contributed by atoms with Crippen molar-refractivity contribution in [1.29, 1.82) is 0 Å². The maximum absolute atomic E-state index is 5.36. The van der Waals surface area contributed by atoms with Gasteiger partial charge in [-0.3, -0.25) is 9.97 Å². The van der Waals surface area contributed by atoms with E-state index in [1.54, 1.807) is 19.5 Å². The number of nitrogens with one attached hydrogen (secondary N) is 1. The van der Waals surface area contributed by atoms with E-state index >= 15 is 0 Å². The van der Waals surface area contributed by atoms with Gasteiger partial charge in [0.2, 0.25) is 0 Å². The largest absolute Gasteiger partial charge is 0.377 e. The summed E-state index contributed by atoms with van der Waals surface area (Å²) in [5, 5.41) is 3.40. The summed E-state index contributed by atoms with van der Waals surface area (Å²) in [6.07, 6.45) is 3.44. The van der Waals surface area contributed by atoms with Gasteiger partial charge in [0.15, 0.2) is 0 Å². The molecule has 16 heavy (non-hydrogen) atoms. The first-order valence-electron chi connectivity index (χ1n) is 5.52. The van der Waals surface area contributed by atoms with E-state index in [2.05, 4.69) is 36.1 Å². The standard InChI is InChI=1S/C12H21N3O/c1-9-11(14-7-6-13-9)10(2)15-8-12(3,4)16-5/h6-7,10,15H,8H2,1-5H3. The van der Waals surface area contributed by atoms with Crippen LogP contribution in [0.25, 0.3) is 0 Å². The Kier molecular flexibility index (Phi) is 4.38. The fourth-order valence-corrected chi connectivity index (χ4v) is 1.41. The van der Waals surface area contributed by atoms with Crippen molar-refractivity contribution in [2.45, 2.75) is 39.3 Å². The summed E-state index contributed by atoms with van der Waals surface area (Å²) in [6, 6.07) is 0.183. The highest BCUT2D eigenvalue weighted by Crippen LogP contribution is 2.13. The van der Waals surface area contributed by atoms with Crippen molar-refractivity contribution in [3.63, 3.8) is 0 Å². The van der Waals surface area contributed by atoms with E-state index < -0.39 is 0 Å². The number of aryl methyl sites for hydroxylation is 1. The molecule has 1 rings (SSSR count). The van der Waals surface area contributed by atoms with Crippen LogP contribution in [0.4, 0.5) is 0 Å². The molecule has 0 aliphatic heterocycles. The smallest absolute Gasteiger partial charge is 0.0782 e.